The summed E-state index contributed by atoms with van der Waals surface area (Å²) in [5, 5.41) is 6.75. The molecule has 1 aromatic carbocycles. The molecule has 6 nitrogen and oxygen atoms in total. The summed E-state index contributed by atoms with van der Waals surface area (Å²) in [6.45, 7) is 7.73. The van der Waals surface area contributed by atoms with Gasteiger partial charge in [-0.05, 0) is 57.1 Å². The average Bonchev–Trinajstić information content (AvgIpc) is 2.74. The van der Waals surface area contributed by atoms with Crippen LogP contribution in [0, 0.1) is 0 Å². The summed E-state index contributed by atoms with van der Waals surface area (Å²) < 4.78 is 5.48. The van der Waals surface area contributed by atoms with Crippen molar-refractivity contribution >= 4 is 34.9 Å². The summed E-state index contributed by atoms with van der Waals surface area (Å²) in [5.41, 5.74) is 2.92. The van der Waals surface area contributed by atoms with Gasteiger partial charge in [0.15, 0.2) is 5.11 Å². The Bertz CT molecular complexity index is 833. The minimum absolute atomic E-state index is 0.0313. The van der Waals surface area contributed by atoms with Gasteiger partial charge < -0.3 is 20.3 Å². The van der Waals surface area contributed by atoms with Crippen molar-refractivity contribution in [1.82, 2.24) is 10.2 Å². The molecular formula is C25H37N3O3S. The number of carbonyl (C=O) groups excluding carboxylic acids is 2. The van der Waals surface area contributed by atoms with Crippen molar-refractivity contribution < 1.29 is 14.3 Å². The Kier molecular flexibility index (Phi) is 10.2. The third kappa shape index (κ3) is 7.33. The highest BCUT2D eigenvalue weighted by atomic mass is 32.1. The number of thiocarbonyl (C=S) groups is 1. The first-order valence-electron chi connectivity index (χ1n) is 11.6. The van der Waals surface area contributed by atoms with Crippen molar-refractivity contribution in [3.63, 3.8) is 0 Å². The average molecular weight is 460 g/mol. The molecule has 0 aliphatic carbocycles. The number of allylic oxidation sites excluding steroid dienone is 1. The molecule has 1 heterocycles. The second kappa shape index (κ2) is 12.6. The van der Waals surface area contributed by atoms with Gasteiger partial charge in [0, 0.05) is 24.9 Å². The van der Waals surface area contributed by atoms with Crippen molar-refractivity contribution in [1.29, 1.82) is 0 Å². The molecule has 7 heteroatoms. The predicted molar refractivity (Wildman–Crippen MR) is 133 cm³/mol. The maximum Gasteiger partial charge on any atom is 0.338 e. The van der Waals surface area contributed by atoms with E-state index >= 15 is 0 Å². The van der Waals surface area contributed by atoms with E-state index in [2.05, 4.69) is 17.6 Å². The fraction of sp³-hybridized carbons (Fsp3) is 0.560. The van der Waals surface area contributed by atoms with Crippen LogP contribution in [0.5, 0.6) is 0 Å². The van der Waals surface area contributed by atoms with Gasteiger partial charge in [-0.15, -0.1) is 0 Å². The lowest BCUT2D eigenvalue weighted by Crippen LogP contribution is -2.46. The number of unbranched alkanes of at least 4 members (excludes halogenated alkanes) is 5. The van der Waals surface area contributed by atoms with Gasteiger partial charge in [-0.1, -0.05) is 51.2 Å². The van der Waals surface area contributed by atoms with Gasteiger partial charge >= 0.3 is 5.97 Å². The third-order valence-electron chi connectivity index (χ3n) is 5.60. The molecule has 1 aliphatic rings. The lowest BCUT2D eigenvalue weighted by atomic mass is 9.95. The number of amides is 1. The van der Waals surface area contributed by atoms with E-state index in [1.165, 1.54) is 25.7 Å². The van der Waals surface area contributed by atoms with Crippen molar-refractivity contribution in [3.8, 4) is 0 Å². The van der Waals surface area contributed by atoms with Gasteiger partial charge in [0.2, 0.25) is 5.91 Å². The largest absolute Gasteiger partial charge is 0.459 e. The number of esters is 1. The number of hydrogen-bond donors (Lipinski definition) is 2. The summed E-state index contributed by atoms with van der Waals surface area (Å²) in [6, 6.07) is 7.12. The van der Waals surface area contributed by atoms with E-state index in [0.717, 1.165) is 29.8 Å². The minimum atomic E-state index is -0.405. The highest BCUT2D eigenvalue weighted by molar-refractivity contribution is 7.80. The Labute approximate surface area is 197 Å². The van der Waals surface area contributed by atoms with Crippen LogP contribution < -0.4 is 10.6 Å². The number of ether oxygens (including phenoxy) is 1. The number of hydrogen-bond acceptors (Lipinski definition) is 4. The highest BCUT2D eigenvalue weighted by Gasteiger charge is 2.33. The van der Waals surface area contributed by atoms with Gasteiger partial charge in [-0.25, -0.2) is 4.79 Å². The van der Waals surface area contributed by atoms with Crippen LogP contribution in [0.4, 0.5) is 5.69 Å². The van der Waals surface area contributed by atoms with E-state index in [1.54, 1.807) is 4.90 Å². The summed E-state index contributed by atoms with van der Waals surface area (Å²) >= 11 is 5.44. The molecule has 0 fully saturated rings. The van der Waals surface area contributed by atoms with E-state index < -0.39 is 6.04 Å². The second-order valence-corrected chi connectivity index (χ2v) is 8.97. The van der Waals surface area contributed by atoms with E-state index in [0.29, 0.717) is 17.1 Å². The monoisotopic (exact) mass is 459 g/mol. The van der Waals surface area contributed by atoms with Crippen molar-refractivity contribution in [2.24, 2.45) is 0 Å². The third-order valence-corrected chi connectivity index (χ3v) is 5.99. The van der Waals surface area contributed by atoms with Gasteiger partial charge in [-0.3, -0.25) is 4.79 Å². The number of anilines is 1. The fourth-order valence-electron chi connectivity index (χ4n) is 3.68. The molecule has 0 saturated carbocycles. The standard InChI is InChI=1S/C25H37N3O3S/c1-6-7-8-9-10-11-12-21(29)26-20-15-13-19(14-16-20)23-22(24(30)31-17(2)3)18(4)28(5)25(32)27-23/h13-17,23H,6-12H2,1-5H3,(H,26,29)(H,27,32)/t23-/m1/s1. The van der Waals surface area contributed by atoms with E-state index in [4.69, 9.17) is 17.0 Å². The lowest BCUT2D eigenvalue weighted by Gasteiger charge is -2.35. The molecule has 1 aromatic rings. The van der Waals surface area contributed by atoms with Crippen LogP contribution in [-0.2, 0) is 14.3 Å². The van der Waals surface area contributed by atoms with Crippen LogP contribution in [0.15, 0.2) is 35.5 Å². The van der Waals surface area contributed by atoms with Crippen molar-refractivity contribution in [2.45, 2.75) is 84.8 Å². The van der Waals surface area contributed by atoms with Gasteiger partial charge in [-0.2, -0.15) is 0 Å². The van der Waals surface area contributed by atoms with Crippen LogP contribution in [0.2, 0.25) is 0 Å². The molecule has 0 saturated heterocycles. The fourth-order valence-corrected chi connectivity index (χ4v) is 3.93. The van der Waals surface area contributed by atoms with Crippen LogP contribution >= 0.6 is 12.2 Å². The van der Waals surface area contributed by atoms with E-state index in [-0.39, 0.29) is 18.0 Å². The molecule has 1 amide bonds. The first-order chi connectivity index (χ1) is 15.2. The SMILES string of the molecule is CCCCCCCCC(=O)Nc1ccc([C@H]2NC(=S)N(C)C(C)=C2C(=O)OC(C)C)cc1. The highest BCUT2D eigenvalue weighted by Crippen LogP contribution is 2.31. The van der Waals surface area contributed by atoms with E-state index in [9.17, 15) is 9.59 Å². The summed E-state index contributed by atoms with van der Waals surface area (Å²) in [4.78, 5) is 26.8. The summed E-state index contributed by atoms with van der Waals surface area (Å²) in [7, 11) is 1.83. The molecule has 2 N–H and O–H groups in total. The number of nitrogens with one attached hydrogen (secondary N) is 2. The zero-order chi connectivity index (χ0) is 23.7. The Balaban J connectivity index is 2.04. The normalized spacial score (nSPS) is 16.2. The molecular weight excluding hydrogens is 422 g/mol. The number of benzene rings is 1. The zero-order valence-corrected chi connectivity index (χ0v) is 20.8. The molecule has 0 unspecified atom stereocenters. The molecule has 1 atom stereocenters. The summed E-state index contributed by atoms with van der Waals surface area (Å²) in [6.07, 6.45) is 7.25. The Morgan fingerprint density at radius 2 is 1.75 bits per heavy atom. The molecule has 0 aromatic heterocycles. The maximum absolute atomic E-state index is 12.8. The molecule has 0 spiro atoms. The summed E-state index contributed by atoms with van der Waals surface area (Å²) in [5.74, 6) is -0.329. The van der Waals surface area contributed by atoms with E-state index in [1.807, 2.05) is 52.1 Å². The Morgan fingerprint density at radius 1 is 1.12 bits per heavy atom. The van der Waals surface area contributed by atoms with Crippen LogP contribution in [0.1, 0.15) is 84.2 Å². The van der Waals surface area contributed by atoms with Gasteiger partial charge in [0.05, 0.1) is 17.7 Å². The Hall–Kier alpha value is -2.41. The molecule has 32 heavy (non-hydrogen) atoms. The first-order valence-corrected chi connectivity index (χ1v) is 12.0. The molecule has 0 bridgehead atoms. The van der Waals surface area contributed by atoms with Crippen molar-refractivity contribution in [3.05, 3.63) is 41.1 Å². The van der Waals surface area contributed by atoms with Gasteiger partial charge in [0.25, 0.3) is 0 Å². The van der Waals surface area contributed by atoms with Crippen LogP contribution in [0.3, 0.4) is 0 Å². The zero-order valence-electron chi connectivity index (χ0n) is 20.0. The lowest BCUT2D eigenvalue weighted by molar-refractivity contribution is -0.143. The smallest absolute Gasteiger partial charge is 0.338 e. The second-order valence-electron chi connectivity index (χ2n) is 8.58. The molecule has 1 aliphatic heterocycles. The topological polar surface area (TPSA) is 70.7 Å². The predicted octanol–water partition coefficient (Wildman–Crippen LogP) is 5.46. The molecule has 176 valence electrons. The van der Waals surface area contributed by atoms with Crippen LogP contribution in [-0.4, -0.2) is 35.0 Å². The Morgan fingerprint density at radius 3 is 2.38 bits per heavy atom. The number of nitrogens with zero attached hydrogens (tertiary/aromatic N) is 1. The van der Waals surface area contributed by atoms with Gasteiger partial charge in [0.1, 0.15) is 0 Å². The molecule has 2 rings (SSSR count). The van der Waals surface area contributed by atoms with Crippen LogP contribution in [0.25, 0.3) is 0 Å². The molecule has 0 radical (unpaired) electrons. The quantitative estimate of drug-likeness (QED) is 0.260. The number of rotatable bonds is 11. The number of carbonyl (C=O) groups is 2. The minimum Gasteiger partial charge on any atom is -0.459 e. The van der Waals surface area contributed by atoms with Crippen molar-refractivity contribution in [2.75, 3.05) is 12.4 Å². The first kappa shape index (κ1) is 25.8. The maximum atomic E-state index is 12.8.